The molecule has 1 aromatic heterocycles. The first-order valence-electron chi connectivity index (χ1n) is 7.86. The van der Waals surface area contributed by atoms with Gasteiger partial charge in [-0.1, -0.05) is 6.07 Å². The number of hydrogen-bond donors (Lipinski definition) is 1. The number of hydrogen-bond acceptors (Lipinski definition) is 3. The molecule has 1 aliphatic rings. The molecule has 1 aromatic carbocycles. The van der Waals surface area contributed by atoms with Gasteiger partial charge in [-0.15, -0.1) is 0 Å². The van der Waals surface area contributed by atoms with E-state index >= 15 is 0 Å². The number of nitrogens with zero attached hydrogens (tertiary/aromatic N) is 2. The maximum Gasteiger partial charge on any atom is 0.0703 e. The summed E-state index contributed by atoms with van der Waals surface area (Å²) in [6.45, 7) is 10.1. The molecule has 2 aromatic rings. The van der Waals surface area contributed by atoms with Crippen LogP contribution in [-0.2, 0) is 0 Å². The van der Waals surface area contributed by atoms with Crippen LogP contribution in [0.15, 0.2) is 36.5 Å². The van der Waals surface area contributed by atoms with E-state index in [2.05, 4.69) is 60.2 Å². The first kappa shape index (κ1) is 14.3. The number of nitrogens with one attached hydrogen (secondary N) is 1. The van der Waals surface area contributed by atoms with Crippen LogP contribution >= 0.6 is 0 Å². The minimum atomic E-state index is 0.210. The molecule has 1 saturated heterocycles. The van der Waals surface area contributed by atoms with E-state index in [9.17, 15) is 0 Å². The number of anilines is 1. The van der Waals surface area contributed by atoms with Crippen molar-refractivity contribution in [3.63, 3.8) is 0 Å². The summed E-state index contributed by atoms with van der Waals surface area (Å²) in [5, 5.41) is 4.86. The van der Waals surface area contributed by atoms with Gasteiger partial charge in [0.25, 0.3) is 0 Å². The van der Waals surface area contributed by atoms with Crippen LogP contribution in [0.2, 0.25) is 0 Å². The van der Waals surface area contributed by atoms with Crippen molar-refractivity contribution < 1.29 is 0 Å². The molecule has 1 aliphatic heterocycles. The van der Waals surface area contributed by atoms with Crippen LogP contribution in [0, 0.1) is 5.92 Å². The summed E-state index contributed by atoms with van der Waals surface area (Å²) in [7, 11) is 0. The molecule has 3 heteroatoms. The van der Waals surface area contributed by atoms with Crippen LogP contribution < -0.4 is 10.2 Å². The Bertz CT molecular complexity index is 615. The average molecular weight is 283 g/mol. The Balaban J connectivity index is 1.67. The maximum atomic E-state index is 4.39. The third kappa shape index (κ3) is 3.53. The molecular weight excluding hydrogens is 258 g/mol. The van der Waals surface area contributed by atoms with Crippen molar-refractivity contribution in [1.82, 2.24) is 10.3 Å². The van der Waals surface area contributed by atoms with E-state index in [1.165, 1.54) is 17.5 Å². The van der Waals surface area contributed by atoms with E-state index < -0.39 is 0 Å². The number of fused-ring (bicyclic) bond motifs is 1. The van der Waals surface area contributed by atoms with Gasteiger partial charge in [0.1, 0.15) is 0 Å². The summed E-state index contributed by atoms with van der Waals surface area (Å²) in [6, 6.07) is 10.7. The largest absolute Gasteiger partial charge is 0.371 e. The quantitative estimate of drug-likeness (QED) is 0.935. The summed E-state index contributed by atoms with van der Waals surface area (Å²) < 4.78 is 0. The minimum Gasteiger partial charge on any atom is -0.371 e. The van der Waals surface area contributed by atoms with Crippen LogP contribution in [0.3, 0.4) is 0 Å². The first-order chi connectivity index (χ1) is 10.0. The molecule has 0 spiro atoms. The smallest absolute Gasteiger partial charge is 0.0703 e. The normalized spacial score (nSPS) is 19.4. The monoisotopic (exact) mass is 283 g/mol. The zero-order chi connectivity index (χ0) is 14.9. The van der Waals surface area contributed by atoms with E-state index in [4.69, 9.17) is 0 Å². The van der Waals surface area contributed by atoms with Gasteiger partial charge in [-0.3, -0.25) is 4.98 Å². The Morgan fingerprint density at radius 1 is 1.29 bits per heavy atom. The van der Waals surface area contributed by atoms with Crippen molar-refractivity contribution in [2.45, 2.75) is 32.7 Å². The van der Waals surface area contributed by atoms with E-state index in [-0.39, 0.29) is 5.54 Å². The van der Waals surface area contributed by atoms with E-state index in [0.717, 1.165) is 31.1 Å². The van der Waals surface area contributed by atoms with Gasteiger partial charge in [-0.05, 0) is 57.4 Å². The lowest BCUT2D eigenvalue weighted by atomic mass is 10.1. The van der Waals surface area contributed by atoms with Crippen LogP contribution in [0.4, 0.5) is 5.69 Å². The van der Waals surface area contributed by atoms with E-state index in [0.29, 0.717) is 0 Å². The molecule has 3 nitrogen and oxygen atoms in total. The Hall–Kier alpha value is -1.61. The highest BCUT2D eigenvalue weighted by Crippen LogP contribution is 2.26. The standard InChI is InChI=1S/C18H25N3/c1-18(2,3)20-12-14-8-10-21(13-14)16-6-7-17-15(11-16)5-4-9-19-17/h4-7,9,11,14,20H,8,10,12-13H2,1-3H3. The third-order valence-electron chi connectivity index (χ3n) is 4.16. The lowest BCUT2D eigenvalue weighted by molar-refractivity contribution is 0.383. The summed E-state index contributed by atoms with van der Waals surface area (Å²) in [6.07, 6.45) is 3.13. The van der Waals surface area contributed by atoms with Crippen molar-refractivity contribution in [3.05, 3.63) is 36.5 Å². The van der Waals surface area contributed by atoms with Crippen molar-refractivity contribution in [2.24, 2.45) is 5.92 Å². The Morgan fingerprint density at radius 2 is 2.14 bits per heavy atom. The number of benzene rings is 1. The second kappa shape index (κ2) is 5.64. The molecule has 0 aliphatic carbocycles. The highest BCUT2D eigenvalue weighted by Gasteiger charge is 2.24. The highest BCUT2D eigenvalue weighted by atomic mass is 15.2. The van der Waals surface area contributed by atoms with Gasteiger partial charge < -0.3 is 10.2 Å². The van der Waals surface area contributed by atoms with Gasteiger partial charge in [0.05, 0.1) is 5.52 Å². The molecule has 0 saturated carbocycles. The number of aromatic nitrogens is 1. The van der Waals surface area contributed by atoms with Gasteiger partial charge in [-0.25, -0.2) is 0 Å². The third-order valence-corrected chi connectivity index (χ3v) is 4.16. The van der Waals surface area contributed by atoms with Crippen molar-refractivity contribution in [2.75, 3.05) is 24.5 Å². The Labute approximate surface area is 127 Å². The summed E-state index contributed by atoms with van der Waals surface area (Å²) >= 11 is 0. The van der Waals surface area contributed by atoms with Gasteiger partial charge in [0.2, 0.25) is 0 Å². The minimum absolute atomic E-state index is 0.210. The predicted molar refractivity (Wildman–Crippen MR) is 89.8 cm³/mol. The summed E-state index contributed by atoms with van der Waals surface area (Å²) in [5.41, 5.74) is 2.61. The fourth-order valence-corrected chi connectivity index (χ4v) is 2.94. The molecule has 1 N–H and O–H groups in total. The maximum absolute atomic E-state index is 4.39. The zero-order valence-corrected chi connectivity index (χ0v) is 13.3. The molecule has 21 heavy (non-hydrogen) atoms. The molecule has 1 unspecified atom stereocenters. The molecule has 0 radical (unpaired) electrons. The lowest BCUT2D eigenvalue weighted by Crippen LogP contribution is -2.39. The molecule has 1 fully saturated rings. The molecular formula is C18H25N3. The molecule has 0 amide bonds. The predicted octanol–water partition coefficient (Wildman–Crippen LogP) is 3.45. The van der Waals surface area contributed by atoms with Crippen molar-refractivity contribution in [3.8, 4) is 0 Å². The molecule has 0 bridgehead atoms. The van der Waals surface area contributed by atoms with Crippen LogP contribution in [0.5, 0.6) is 0 Å². The Kier molecular flexibility index (Phi) is 3.85. The van der Waals surface area contributed by atoms with Crippen LogP contribution in [0.25, 0.3) is 10.9 Å². The molecule has 1 atom stereocenters. The van der Waals surface area contributed by atoms with E-state index in [1.807, 2.05) is 12.3 Å². The van der Waals surface area contributed by atoms with Gasteiger partial charge in [0.15, 0.2) is 0 Å². The van der Waals surface area contributed by atoms with Crippen molar-refractivity contribution >= 4 is 16.6 Å². The number of pyridine rings is 1. The summed E-state index contributed by atoms with van der Waals surface area (Å²) in [5.74, 6) is 0.744. The SMILES string of the molecule is CC(C)(C)NCC1CCN(c2ccc3ncccc3c2)C1. The zero-order valence-electron chi connectivity index (χ0n) is 13.3. The van der Waals surface area contributed by atoms with Gasteiger partial charge >= 0.3 is 0 Å². The van der Waals surface area contributed by atoms with Crippen LogP contribution in [-0.4, -0.2) is 30.2 Å². The van der Waals surface area contributed by atoms with Gasteiger partial charge in [-0.2, -0.15) is 0 Å². The van der Waals surface area contributed by atoms with Gasteiger partial charge in [0, 0.05) is 42.4 Å². The lowest BCUT2D eigenvalue weighted by Gasteiger charge is -2.24. The van der Waals surface area contributed by atoms with Crippen molar-refractivity contribution in [1.29, 1.82) is 0 Å². The Morgan fingerprint density at radius 3 is 2.95 bits per heavy atom. The van der Waals surface area contributed by atoms with E-state index in [1.54, 1.807) is 0 Å². The summed E-state index contributed by atoms with van der Waals surface area (Å²) in [4.78, 5) is 6.89. The second-order valence-electron chi connectivity index (χ2n) is 7.11. The first-order valence-corrected chi connectivity index (χ1v) is 7.86. The van der Waals surface area contributed by atoms with Crippen LogP contribution in [0.1, 0.15) is 27.2 Å². The molecule has 2 heterocycles. The topological polar surface area (TPSA) is 28.2 Å². The highest BCUT2D eigenvalue weighted by molar-refractivity contribution is 5.82. The fourth-order valence-electron chi connectivity index (χ4n) is 2.94. The second-order valence-corrected chi connectivity index (χ2v) is 7.11. The fraction of sp³-hybridized carbons (Fsp3) is 0.500. The number of rotatable bonds is 3. The average Bonchev–Trinajstić information content (AvgIpc) is 2.93. The molecule has 112 valence electrons. The molecule has 3 rings (SSSR count).